The van der Waals surface area contributed by atoms with E-state index in [1.54, 1.807) is 13.0 Å². The molecule has 164 valence electrons. The Kier molecular flexibility index (Phi) is 10.6. The number of alkyl halides is 2. The Morgan fingerprint density at radius 3 is 2.57 bits per heavy atom. The molecule has 0 spiro atoms. The van der Waals surface area contributed by atoms with Crippen LogP contribution in [0.5, 0.6) is 0 Å². The van der Waals surface area contributed by atoms with Crippen molar-refractivity contribution in [2.45, 2.75) is 109 Å². The predicted molar refractivity (Wildman–Crippen MR) is 106 cm³/mol. The smallest absolute Gasteiger partial charge is 0.303 e. The summed E-state index contributed by atoms with van der Waals surface area (Å²) in [5.74, 6) is -1.38. The van der Waals surface area contributed by atoms with Crippen LogP contribution in [0.1, 0.15) is 90.9 Å². The first-order valence-corrected chi connectivity index (χ1v) is 10.7. The van der Waals surface area contributed by atoms with Gasteiger partial charge in [-0.25, -0.2) is 8.78 Å². The molecule has 1 aliphatic rings. The zero-order valence-electron chi connectivity index (χ0n) is 17.4. The Morgan fingerprint density at radius 1 is 1.25 bits per heavy atom. The summed E-state index contributed by atoms with van der Waals surface area (Å²) in [6.07, 6.45) is 6.58. The van der Waals surface area contributed by atoms with Crippen LogP contribution >= 0.6 is 0 Å². The summed E-state index contributed by atoms with van der Waals surface area (Å²) in [5, 5.41) is 29.6. The molecule has 3 N–H and O–H groups in total. The third kappa shape index (κ3) is 7.78. The molecule has 4 atom stereocenters. The molecule has 28 heavy (non-hydrogen) atoms. The van der Waals surface area contributed by atoms with E-state index in [0.29, 0.717) is 38.5 Å². The van der Waals surface area contributed by atoms with Crippen LogP contribution in [0.4, 0.5) is 8.78 Å². The van der Waals surface area contributed by atoms with Crippen molar-refractivity contribution in [3.05, 3.63) is 12.2 Å². The highest BCUT2D eigenvalue weighted by molar-refractivity contribution is 5.66. The third-order valence-corrected chi connectivity index (χ3v) is 6.31. The monoisotopic (exact) mass is 404 g/mol. The van der Waals surface area contributed by atoms with Crippen molar-refractivity contribution in [3.8, 4) is 0 Å². The Hall–Kier alpha value is -1.01. The number of aliphatic hydroxyl groups excluding tert-OH is 1. The fourth-order valence-corrected chi connectivity index (χ4v) is 4.38. The van der Waals surface area contributed by atoms with Crippen LogP contribution in [0, 0.1) is 11.3 Å². The van der Waals surface area contributed by atoms with Gasteiger partial charge in [-0.3, -0.25) is 4.79 Å². The Morgan fingerprint density at radius 2 is 1.96 bits per heavy atom. The van der Waals surface area contributed by atoms with Gasteiger partial charge in [0.2, 0.25) is 6.43 Å². The fraction of sp³-hybridized carbons (Fsp3) is 0.864. The summed E-state index contributed by atoms with van der Waals surface area (Å²) in [5.41, 5.74) is -2.22. The molecular formula is C22H38F2O4. The van der Waals surface area contributed by atoms with E-state index in [2.05, 4.69) is 6.92 Å². The summed E-state index contributed by atoms with van der Waals surface area (Å²) in [6.45, 7) is 3.81. The molecule has 6 heteroatoms. The van der Waals surface area contributed by atoms with Gasteiger partial charge in [0.1, 0.15) is 0 Å². The third-order valence-electron chi connectivity index (χ3n) is 6.31. The van der Waals surface area contributed by atoms with Crippen molar-refractivity contribution in [3.63, 3.8) is 0 Å². The van der Waals surface area contributed by atoms with Crippen LogP contribution in [0.25, 0.3) is 0 Å². The predicted octanol–water partition coefficient (Wildman–Crippen LogP) is 5.32. The van der Waals surface area contributed by atoms with Gasteiger partial charge in [0.05, 0.1) is 11.7 Å². The highest BCUT2D eigenvalue weighted by atomic mass is 19.3. The first kappa shape index (κ1) is 25.0. The zero-order chi connectivity index (χ0) is 21.2. The van der Waals surface area contributed by atoms with Gasteiger partial charge in [-0.2, -0.15) is 0 Å². The molecule has 0 radical (unpaired) electrons. The van der Waals surface area contributed by atoms with Gasteiger partial charge in [-0.1, -0.05) is 38.3 Å². The minimum atomic E-state index is -2.54. The van der Waals surface area contributed by atoms with Crippen molar-refractivity contribution in [1.82, 2.24) is 0 Å². The van der Waals surface area contributed by atoms with Crippen LogP contribution < -0.4 is 0 Å². The van der Waals surface area contributed by atoms with Gasteiger partial charge < -0.3 is 15.3 Å². The van der Waals surface area contributed by atoms with Crippen molar-refractivity contribution in [2.24, 2.45) is 11.3 Å². The SMILES string of the molecule is CCCCCC(C)(O)CC[C@@]1(C(F)F)CC[C@H](O)[C@@H]1C/C=C\CCCC(=O)O. The molecule has 0 saturated heterocycles. The topological polar surface area (TPSA) is 77.8 Å². The number of unbranched alkanes of at least 4 members (excludes halogenated alkanes) is 3. The summed E-state index contributed by atoms with van der Waals surface area (Å²) in [6, 6.07) is 0. The Labute approximate surface area is 168 Å². The van der Waals surface area contributed by atoms with Crippen LogP contribution in [0.3, 0.4) is 0 Å². The van der Waals surface area contributed by atoms with Crippen LogP contribution in [-0.4, -0.2) is 39.4 Å². The van der Waals surface area contributed by atoms with Gasteiger partial charge in [0, 0.05) is 11.8 Å². The molecule has 0 aliphatic heterocycles. The van der Waals surface area contributed by atoms with E-state index in [0.717, 1.165) is 19.3 Å². The van der Waals surface area contributed by atoms with E-state index in [4.69, 9.17) is 5.11 Å². The maximum atomic E-state index is 14.1. The van der Waals surface area contributed by atoms with Gasteiger partial charge in [-0.05, 0) is 64.2 Å². The molecule has 0 heterocycles. The van der Waals surface area contributed by atoms with Crippen molar-refractivity contribution in [2.75, 3.05) is 0 Å². The standard InChI is InChI=1S/C22H38F2O4/c1-3-4-9-13-21(2,28)15-16-22(20(23)24)14-12-18(25)17(22)10-7-5-6-8-11-19(26)27/h5,7,17-18,20,25,28H,3-4,6,8-16H2,1-2H3,(H,26,27)/b7-5-/t17-,18-,21?,22-/m0/s1. The maximum absolute atomic E-state index is 14.1. The van der Waals surface area contributed by atoms with Gasteiger partial charge in [-0.15, -0.1) is 0 Å². The first-order valence-electron chi connectivity index (χ1n) is 10.7. The van der Waals surface area contributed by atoms with E-state index in [1.807, 2.05) is 6.08 Å². The fourth-order valence-electron chi connectivity index (χ4n) is 4.38. The quantitative estimate of drug-likeness (QED) is 0.270. The number of rotatable bonds is 14. The molecule has 0 amide bonds. The summed E-state index contributed by atoms with van der Waals surface area (Å²) >= 11 is 0. The Bertz CT molecular complexity index is 493. The molecule has 1 unspecified atom stereocenters. The molecule has 0 bridgehead atoms. The van der Waals surface area contributed by atoms with Crippen LogP contribution in [-0.2, 0) is 4.79 Å². The highest BCUT2D eigenvalue weighted by Crippen LogP contribution is 2.53. The molecule has 1 rings (SSSR count). The number of allylic oxidation sites excluding steroid dienone is 2. The number of carbonyl (C=O) groups is 1. The minimum absolute atomic E-state index is 0.0878. The maximum Gasteiger partial charge on any atom is 0.303 e. The van der Waals surface area contributed by atoms with Gasteiger partial charge in [0.25, 0.3) is 0 Å². The minimum Gasteiger partial charge on any atom is -0.481 e. The van der Waals surface area contributed by atoms with Crippen molar-refractivity contribution >= 4 is 5.97 Å². The molecule has 1 saturated carbocycles. The molecule has 0 aromatic heterocycles. The van der Waals surface area contributed by atoms with E-state index in [-0.39, 0.29) is 19.3 Å². The molecule has 0 aromatic rings. The van der Waals surface area contributed by atoms with Crippen LogP contribution in [0.2, 0.25) is 0 Å². The van der Waals surface area contributed by atoms with E-state index >= 15 is 0 Å². The molecule has 4 nitrogen and oxygen atoms in total. The normalized spacial score (nSPS) is 27.5. The first-order chi connectivity index (χ1) is 13.1. The second kappa shape index (κ2) is 11.9. The number of halogens is 2. The van der Waals surface area contributed by atoms with Crippen molar-refractivity contribution < 1.29 is 28.9 Å². The number of carboxylic acids is 1. The van der Waals surface area contributed by atoms with Gasteiger partial charge >= 0.3 is 5.97 Å². The second-order valence-electron chi connectivity index (χ2n) is 8.69. The summed E-state index contributed by atoms with van der Waals surface area (Å²) in [4.78, 5) is 10.5. The van der Waals surface area contributed by atoms with Crippen LogP contribution in [0.15, 0.2) is 12.2 Å². The average Bonchev–Trinajstić information content (AvgIpc) is 2.93. The number of carboxylic acid groups (broad SMARTS) is 1. The zero-order valence-corrected chi connectivity index (χ0v) is 17.4. The molecule has 1 aliphatic carbocycles. The highest BCUT2D eigenvalue weighted by Gasteiger charge is 2.53. The Balaban J connectivity index is 2.69. The number of aliphatic carboxylic acids is 1. The summed E-state index contributed by atoms with van der Waals surface area (Å²) in [7, 11) is 0. The van der Waals surface area contributed by atoms with E-state index < -0.39 is 35.4 Å². The number of aliphatic hydroxyl groups is 2. The van der Waals surface area contributed by atoms with E-state index in [1.165, 1.54) is 0 Å². The molecule has 0 aromatic carbocycles. The lowest BCUT2D eigenvalue weighted by atomic mass is 9.70. The lowest BCUT2D eigenvalue weighted by Gasteiger charge is -2.38. The average molecular weight is 405 g/mol. The lowest BCUT2D eigenvalue weighted by molar-refractivity contribution is -0.137. The lowest BCUT2D eigenvalue weighted by Crippen LogP contribution is -2.39. The van der Waals surface area contributed by atoms with Gasteiger partial charge in [0.15, 0.2) is 0 Å². The van der Waals surface area contributed by atoms with E-state index in [9.17, 15) is 23.8 Å². The molecular weight excluding hydrogens is 366 g/mol. The number of hydrogen-bond acceptors (Lipinski definition) is 3. The largest absolute Gasteiger partial charge is 0.481 e. The number of hydrogen-bond donors (Lipinski definition) is 3. The summed E-state index contributed by atoms with van der Waals surface area (Å²) < 4.78 is 28.3. The second-order valence-corrected chi connectivity index (χ2v) is 8.69. The molecule has 1 fully saturated rings. The van der Waals surface area contributed by atoms with Crippen molar-refractivity contribution in [1.29, 1.82) is 0 Å².